The normalized spacial score (nSPS) is 11.9. The lowest BCUT2D eigenvalue weighted by molar-refractivity contribution is 0.176. The maximum atomic E-state index is 9.57. The number of anilines is 1. The van der Waals surface area contributed by atoms with E-state index in [9.17, 15) is 5.11 Å². The highest BCUT2D eigenvalue weighted by Crippen LogP contribution is 2.19. The Morgan fingerprint density at radius 2 is 2.25 bits per heavy atom. The maximum Gasteiger partial charge on any atom is 0.0992 e. The van der Waals surface area contributed by atoms with Crippen LogP contribution in [0.3, 0.4) is 0 Å². The van der Waals surface area contributed by atoms with Gasteiger partial charge in [0.05, 0.1) is 17.7 Å². The van der Waals surface area contributed by atoms with Gasteiger partial charge in [-0.2, -0.15) is 5.26 Å². The molecule has 0 radical (unpaired) electrons. The van der Waals surface area contributed by atoms with Crippen LogP contribution in [0.25, 0.3) is 0 Å². The molecular formula is C12H15BrN2O. The zero-order valence-corrected chi connectivity index (χ0v) is 10.8. The van der Waals surface area contributed by atoms with E-state index < -0.39 is 0 Å². The summed E-state index contributed by atoms with van der Waals surface area (Å²) in [6.45, 7) is 2.55. The first-order chi connectivity index (χ1) is 7.65. The molecule has 0 aliphatic rings. The highest BCUT2D eigenvalue weighted by Gasteiger charge is 2.03. The molecule has 1 aromatic carbocycles. The van der Waals surface area contributed by atoms with E-state index in [0.717, 1.165) is 23.0 Å². The van der Waals surface area contributed by atoms with Crippen molar-refractivity contribution in [1.82, 2.24) is 0 Å². The molecule has 3 nitrogen and oxygen atoms in total. The highest BCUT2D eigenvalue weighted by atomic mass is 79.9. The standard InChI is InChI=1S/C12H15BrN2O/c1-2-3-12(16)8-15-11-5-9(7-14)4-10(13)6-11/h4-6,12,15-16H,2-3,8H2,1H3. The van der Waals surface area contributed by atoms with Gasteiger partial charge in [0.2, 0.25) is 0 Å². The molecule has 0 spiro atoms. The molecule has 86 valence electrons. The Bertz CT molecular complexity index is 387. The van der Waals surface area contributed by atoms with E-state index in [2.05, 4.69) is 27.3 Å². The third kappa shape index (κ3) is 4.21. The van der Waals surface area contributed by atoms with Gasteiger partial charge in [0.25, 0.3) is 0 Å². The van der Waals surface area contributed by atoms with Gasteiger partial charge in [-0.15, -0.1) is 0 Å². The first-order valence-electron chi connectivity index (χ1n) is 5.28. The molecule has 0 fully saturated rings. The molecule has 0 amide bonds. The number of nitriles is 1. The van der Waals surface area contributed by atoms with Crippen LogP contribution < -0.4 is 5.32 Å². The molecule has 0 heterocycles. The summed E-state index contributed by atoms with van der Waals surface area (Å²) >= 11 is 3.34. The van der Waals surface area contributed by atoms with Crippen molar-refractivity contribution in [3.05, 3.63) is 28.2 Å². The highest BCUT2D eigenvalue weighted by molar-refractivity contribution is 9.10. The fourth-order valence-electron chi connectivity index (χ4n) is 1.43. The van der Waals surface area contributed by atoms with Gasteiger partial charge in [0.15, 0.2) is 0 Å². The van der Waals surface area contributed by atoms with E-state index in [-0.39, 0.29) is 6.10 Å². The molecule has 0 saturated carbocycles. The Morgan fingerprint density at radius 3 is 2.88 bits per heavy atom. The second-order valence-electron chi connectivity index (χ2n) is 3.66. The van der Waals surface area contributed by atoms with Crippen molar-refractivity contribution >= 4 is 21.6 Å². The van der Waals surface area contributed by atoms with Crippen molar-refractivity contribution in [3.8, 4) is 6.07 Å². The lowest BCUT2D eigenvalue weighted by atomic mass is 10.2. The van der Waals surface area contributed by atoms with Gasteiger partial charge in [0, 0.05) is 16.7 Å². The Labute approximate surface area is 104 Å². The third-order valence-electron chi connectivity index (χ3n) is 2.19. The van der Waals surface area contributed by atoms with Crippen LogP contribution in [0.1, 0.15) is 25.3 Å². The van der Waals surface area contributed by atoms with Crippen LogP contribution >= 0.6 is 15.9 Å². The molecule has 0 aliphatic heterocycles. The summed E-state index contributed by atoms with van der Waals surface area (Å²) in [6, 6.07) is 7.50. The predicted molar refractivity (Wildman–Crippen MR) is 68.3 cm³/mol. The summed E-state index contributed by atoms with van der Waals surface area (Å²) in [6.07, 6.45) is 1.41. The van der Waals surface area contributed by atoms with Gasteiger partial charge >= 0.3 is 0 Å². The molecule has 0 bridgehead atoms. The van der Waals surface area contributed by atoms with Crippen LogP contribution in [0.2, 0.25) is 0 Å². The minimum absolute atomic E-state index is 0.338. The fourth-order valence-corrected chi connectivity index (χ4v) is 1.92. The summed E-state index contributed by atoms with van der Waals surface area (Å²) in [7, 11) is 0. The lowest BCUT2D eigenvalue weighted by Crippen LogP contribution is -2.18. The fraction of sp³-hybridized carbons (Fsp3) is 0.417. The molecule has 1 rings (SSSR count). The zero-order chi connectivity index (χ0) is 12.0. The van der Waals surface area contributed by atoms with Crippen LogP contribution in [0.5, 0.6) is 0 Å². The quantitative estimate of drug-likeness (QED) is 0.873. The van der Waals surface area contributed by atoms with Gasteiger partial charge in [-0.25, -0.2) is 0 Å². The van der Waals surface area contributed by atoms with Gasteiger partial charge in [0.1, 0.15) is 0 Å². The molecule has 16 heavy (non-hydrogen) atoms. The summed E-state index contributed by atoms with van der Waals surface area (Å²) in [5, 5.41) is 21.5. The van der Waals surface area contributed by atoms with Crippen molar-refractivity contribution in [1.29, 1.82) is 5.26 Å². The van der Waals surface area contributed by atoms with Crippen molar-refractivity contribution in [2.75, 3.05) is 11.9 Å². The van der Waals surface area contributed by atoms with Crippen LogP contribution in [-0.2, 0) is 0 Å². The van der Waals surface area contributed by atoms with Gasteiger partial charge in [-0.3, -0.25) is 0 Å². The Morgan fingerprint density at radius 1 is 1.50 bits per heavy atom. The van der Waals surface area contributed by atoms with E-state index in [4.69, 9.17) is 5.26 Å². The average Bonchev–Trinajstić information content (AvgIpc) is 2.26. The van der Waals surface area contributed by atoms with Crippen LogP contribution in [0, 0.1) is 11.3 Å². The predicted octanol–water partition coefficient (Wildman–Crippen LogP) is 2.89. The number of nitrogens with zero attached hydrogens (tertiary/aromatic N) is 1. The number of hydrogen-bond donors (Lipinski definition) is 2. The monoisotopic (exact) mass is 282 g/mol. The van der Waals surface area contributed by atoms with E-state index in [1.165, 1.54) is 0 Å². The topological polar surface area (TPSA) is 56.0 Å². The summed E-state index contributed by atoms with van der Waals surface area (Å²) < 4.78 is 0.860. The average molecular weight is 283 g/mol. The summed E-state index contributed by atoms with van der Waals surface area (Å²) in [4.78, 5) is 0. The zero-order valence-electron chi connectivity index (χ0n) is 9.20. The number of benzene rings is 1. The molecule has 0 aromatic heterocycles. The summed E-state index contributed by atoms with van der Waals surface area (Å²) in [5.74, 6) is 0. The Hall–Kier alpha value is -1.05. The number of nitrogens with one attached hydrogen (secondary N) is 1. The summed E-state index contributed by atoms with van der Waals surface area (Å²) in [5.41, 5.74) is 1.45. The molecule has 2 N–H and O–H groups in total. The molecule has 4 heteroatoms. The first-order valence-corrected chi connectivity index (χ1v) is 6.07. The number of rotatable bonds is 5. The van der Waals surface area contributed by atoms with Crippen molar-refractivity contribution in [2.45, 2.75) is 25.9 Å². The van der Waals surface area contributed by atoms with Crippen molar-refractivity contribution in [2.24, 2.45) is 0 Å². The second kappa shape index (κ2) is 6.51. The van der Waals surface area contributed by atoms with Gasteiger partial charge in [-0.1, -0.05) is 29.3 Å². The van der Waals surface area contributed by atoms with Crippen molar-refractivity contribution in [3.63, 3.8) is 0 Å². The Balaban J connectivity index is 2.60. The van der Waals surface area contributed by atoms with Crippen LogP contribution in [0.4, 0.5) is 5.69 Å². The number of aliphatic hydroxyl groups excluding tert-OH is 1. The van der Waals surface area contributed by atoms with E-state index in [0.29, 0.717) is 12.1 Å². The van der Waals surface area contributed by atoms with Crippen molar-refractivity contribution < 1.29 is 5.11 Å². The van der Waals surface area contributed by atoms with Crippen LogP contribution in [0.15, 0.2) is 22.7 Å². The SMILES string of the molecule is CCCC(O)CNc1cc(Br)cc(C#N)c1. The van der Waals surface area contributed by atoms with E-state index in [1.807, 2.05) is 13.0 Å². The molecular weight excluding hydrogens is 268 g/mol. The lowest BCUT2D eigenvalue weighted by Gasteiger charge is -2.12. The number of hydrogen-bond acceptors (Lipinski definition) is 3. The largest absolute Gasteiger partial charge is 0.391 e. The number of halogens is 1. The third-order valence-corrected chi connectivity index (χ3v) is 2.65. The van der Waals surface area contributed by atoms with E-state index >= 15 is 0 Å². The van der Waals surface area contributed by atoms with Gasteiger partial charge < -0.3 is 10.4 Å². The first kappa shape index (κ1) is 13.0. The van der Waals surface area contributed by atoms with Crippen LogP contribution in [-0.4, -0.2) is 17.8 Å². The smallest absolute Gasteiger partial charge is 0.0992 e. The second-order valence-corrected chi connectivity index (χ2v) is 4.58. The minimum Gasteiger partial charge on any atom is -0.391 e. The molecule has 1 unspecified atom stereocenters. The molecule has 1 atom stereocenters. The number of aliphatic hydroxyl groups is 1. The van der Waals surface area contributed by atoms with E-state index in [1.54, 1.807) is 12.1 Å². The molecule has 0 aliphatic carbocycles. The molecule has 1 aromatic rings. The maximum absolute atomic E-state index is 9.57. The Kier molecular flexibility index (Phi) is 5.30. The van der Waals surface area contributed by atoms with Gasteiger partial charge in [-0.05, 0) is 24.6 Å². The minimum atomic E-state index is -0.338. The molecule has 0 saturated heterocycles.